The summed E-state index contributed by atoms with van der Waals surface area (Å²) in [6, 6.07) is 16.8. The number of hydrogen-bond donors (Lipinski definition) is 2. The van der Waals surface area contributed by atoms with Crippen molar-refractivity contribution in [1.82, 2.24) is 10.1 Å². The molecule has 144 valence electrons. The number of aromatic nitrogens is 2. The minimum Gasteiger partial charge on any atom is -0.338 e. The minimum absolute atomic E-state index is 0.0248. The highest BCUT2D eigenvalue weighted by Gasteiger charge is 2.12. The summed E-state index contributed by atoms with van der Waals surface area (Å²) in [4.78, 5) is 28.1. The number of para-hydroxylation sites is 1. The molecule has 0 saturated heterocycles. The highest BCUT2D eigenvalue weighted by molar-refractivity contribution is 7.99. The summed E-state index contributed by atoms with van der Waals surface area (Å²) in [5.41, 5.74) is 2.61. The lowest BCUT2D eigenvalue weighted by atomic mass is 10.2. The van der Waals surface area contributed by atoms with Gasteiger partial charge in [-0.3, -0.25) is 9.59 Å². The molecule has 0 bridgehead atoms. The third-order valence-corrected chi connectivity index (χ3v) is 4.60. The molecule has 0 spiro atoms. The number of benzene rings is 2. The van der Waals surface area contributed by atoms with E-state index in [1.165, 1.54) is 11.8 Å². The molecular weight excluding hydrogens is 376 g/mol. The second-order valence-electron chi connectivity index (χ2n) is 6.10. The Morgan fingerprint density at radius 3 is 2.39 bits per heavy atom. The van der Waals surface area contributed by atoms with Crippen molar-refractivity contribution >= 4 is 35.0 Å². The molecule has 7 nitrogen and oxygen atoms in total. The summed E-state index contributed by atoms with van der Waals surface area (Å²) in [5.74, 6) is 1.04. The highest BCUT2D eigenvalue weighted by atomic mass is 32.2. The van der Waals surface area contributed by atoms with Crippen molar-refractivity contribution in [2.45, 2.75) is 19.1 Å². The highest BCUT2D eigenvalue weighted by Crippen LogP contribution is 2.13. The van der Waals surface area contributed by atoms with Gasteiger partial charge in [-0.15, -0.1) is 11.8 Å². The maximum absolute atomic E-state index is 12.0. The Hall–Kier alpha value is -3.13. The number of nitrogens with one attached hydrogen (secondary N) is 2. The molecule has 2 N–H and O–H groups in total. The Kier molecular flexibility index (Phi) is 6.80. The van der Waals surface area contributed by atoms with Crippen LogP contribution < -0.4 is 10.6 Å². The molecule has 0 atom stereocenters. The van der Waals surface area contributed by atoms with E-state index in [1.807, 2.05) is 49.4 Å². The molecule has 0 saturated carbocycles. The Balaban J connectivity index is 1.40. The molecular formula is C20H20N4O3S. The van der Waals surface area contributed by atoms with Crippen LogP contribution in [0.1, 0.15) is 17.3 Å². The molecule has 3 rings (SSSR count). The molecule has 0 aliphatic heterocycles. The smallest absolute Gasteiger partial charge is 0.236 e. The largest absolute Gasteiger partial charge is 0.338 e. The van der Waals surface area contributed by atoms with Gasteiger partial charge >= 0.3 is 0 Å². The van der Waals surface area contributed by atoms with Crippen LogP contribution in [-0.4, -0.2) is 27.7 Å². The summed E-state index contributed by atoms with van der Waals surface area (Å²) < 4.78 is 5.14. The standard InChI is InChI=1S/C20H20N4O3S/c1-14-7-9-16(10-8-14)22-19(26)12-28-13-20-23-17(24-27-20)11-18(25)21-15-5-3-2-4-6-15/h2-10H,11-13H2,1H3,(H,21,25)(H,22,26). The lowest BCUT2D eigenvalue weighted by molar-refractivity contribution is -0.116. The second kappa shape index (κ2) is 9.70. The molecule has 2 amide bonds. The molecule has 8 heteroatoms. The van der Waals surface area contributed by atoms with Gasteiger partial charge in [0, 0.05) is 11.4 Å². The normalized spacial score (nSPS) is 10.5. The molecule has 0 unspecified atom stereocenters. The maximum atomic E-state index is 12.0. The zero-order valence-corrected chi connectivity index (χ0v) is 16.2. The zero-order valence-electron chi connectivity index (χ0n) is 15.3. The van der Waals surface area contributed by atoms with E-state index in [2.05, 4.69) is 20.8 Å². The van der Waals surface area contributed by atoms with Gasteiger partial charge < -0.3 is 15.2 Å². The molecule has 1 heterocycles. The fourth-order valence-corrected chi connectivity index (χ4v) is 3.01. The number of anilines is 2. The van der Waals surface area contributed by atoms with Crippen molar-refractivity contribution < 1.29 is 14.1 Å². The van der Waals surface area contributed by atoms with Crippen LogP contribution >= 0.6 is 11.8 Å². The number of thioether (sulfide) groups is 1. The Morgan fingerprint density at radius 1 is 0.964 bits per heavy atom. The second-order valence-corrected chi connectivity index (χ2v) is 7.09. The van der Waals surface area contributed by atoms with Crippen LogP contribution in [0.4, 0.5) is 11.4 Å². The van der Waals surface area contributed by atoms with Crippen LogP contribution in [0.5, 0.6) is 0 Å². The molecule has 2 aromatic carbocycles. The number of nitrogens with zero attached hydrogens (tertiary/aromatic N) is 2. The topological polar surface area (TPSA) is 97.1 Å². The van der Waals surface area contributed by atoms with Crippen molar-refractivity contribution in [3.05, 3.63) is 71.9 Å². The maximum Gasteiger partial charge on any atom is 0.236 e. The number of hydrogen-bond acceptors (Lipinski definition) is 6. The van der Waals surface area contributed by atoms with Crippen LogP contribution in [0, 0.1) is 6.92 Å². The van der Waals surface area contributed by atoms with Crippen LogP contribution in [0.3, 0.4) is 0 Å². The van der Waals surface area contributed by atoms with E-state index in [0.717, 1.165) is 11.3 Å². The molecule has 28 heavy (non-hydrogen) atoms. The van der Waals surface area contributed by atoms with E-state index >= 15 is 0 Å². The summed E-state index contributed by atoms with van der Waals surface area (Å²) in [6.45, 7) is 1.99. The molecule has 0 fully saturated rings. The van der Waals surface area contributed by atoms with Gasteiger partial charge in [-0.05, 0) is 31.2 Å². The molecule has 0 aliphatic rings. The first-order valence-corrected chi connectivity index (χ1v) is 9.84. The summed E-state index contributed by atoms with van der Waals surface area (Å²) in [6.07, 6.45) is 0.0248. The quantitative estimate of drug-likeness (QED) is 0.605. The summed E-state index contributed by atoms with van der Waals surface area (Å²) in [7, 11) is 0. The fourth-order valence-electron chi connectivity index (χ4n) is 2.36. The zero-order chi connectivity index (χ0) is 19.8. The van der Waals surface area contributed by atoms with Crippen molar-refractivity contribution in [3.63, 3.8) is 0 Å². The predicted molar refractivity (Wildman–Crippen MR) is 109 cm³/mol. The van der Waals surface area contributed by atoms with Gasteiger partial charge in [-0.2, -0.15) is 4.98 Å². The molecule has 1 aromatic heterocycles. The van der Waals surface area contributed by atoms with E-state index in [9.17, 15) is 9.59 Å². The third kappa shape index (κ3) is 6.24. The Morgan fingerprint density at radius 2 is 1.64 bits per heavy atom. The number of rotatable bonds is 8. The van der Waals surface area contributed by atoms with Gasteiger partial charge in [0.1, 0.15) is 0 Å². The van der Waals surface area contributed by atoms with Crippen LogP contribution in [-0.2, 0) is 21.8 Å². The SMILES string of the molecule is Cc1ccc(NC(=O)CSCc2nc(CC(=O)Nc3ccccc3)no2)cc1. The van der Waals surface area contributed by atoms with Gasteiger partial charge in [0.15, 0.2) is 5.82 Å². The molecule has 3 aromatic rings. The first kappa shape index (κ1) is 19.6. The van der Waals surface area contributed by atoms with E-state index in [4.69, 9.17) is 4.52 Å². The van der Waals surface area contributed by atoms with Crippen molar-refractivity contribution in [2.24, 2.45) is 0 Å². The first-order valence-electron chi connectivity index (χ1n) is 8.69. The average Bonchev–Trinajstić information content (AvgIpc) is 3.11. The fraction of sp³-hybridized carbons (Fsp3) is 0.200. The number of carbonyl (C=O) groups is 2. The predicted octanol–water partition coefficient (Wildman–Crippen LogP) is 3.43. The van der Waals surface area contributed by atoms with Gasteiger partial charge in [-0.25, -0.2) is 0 Å². The minimum atomic E-state index is -0.219. The third-order valence-electron chi connectivity index (χ3n) is 3.68. The molecule has 0 aliphatic carbocycles. The van der Waals surface area contributed by atoms with Crippen LogP contribution in [0.15, 0.2) is 59.1 Å². The van der Waals surface area contributed by atoms with E-state index in [0.29, 0.717) is 23.2 Å². The van der Waals surface area contributed by atoms with Gasteiger partial charge in [0.25, 0.3) is 0 Å². The van der Waals surface area contributed by atoms with E-state index < -0.39 is 0 Å². The lowest BCUT2D eigenvalue weighted by Gasteiger charge is -2.04. The van der Waals surface area contributed by atoms with Gasteiger partial charge in [-0.1, -0.05) is 41.1 Å². The molecule has 0 radical (unpaired) electrons. The Labute approximate surface area is 166 Å². The number of aryl methyl sites for hydroxylation is 1. The van der Waals surface area contributed by atoms with E-state index in [-0.39, 0.29) is 24.0 Å². The lowest BCUT2D eigenvalue weighted by Crippen LogP contribution is -2.15. The average molecular weight is 396 g/mol. The van der Waals surface area contributed by atoms with Gasteiger partial charge in [0.05, 0.1) is 17.9 Å². The van der Waals surface area contributed by atoms with Crippen molar-refractivity contribution in [1.29, 1.82) is 0 Å². The number of amides is 2. The van der Waals surface area contributed by atoms with Crippen molar-refractivity contribution in [3.8, 4) is 0 Å². The summed E-state index contributed by atoms with van der Waals surface area (Å²) >= 11 is 1.36. The van der Waals surface area contributed by atoms with Crippen molar-refractivity contribution in [2.75, 3.05) is 16.4 Å². The van der Waals surface area contributed by atoms with Crippen LogP contribution in [0.25, 0.3) is 0 Å². The first-order chi connectivity index (χ1) is 13.6. The van der Waals surface area contributed by atoms with E-state index in [1.54, 1.807) is 12.1 Å². The monoisotopic (exact) mass is 396 g/mol. The van der Waals surface area contributed by atoms with Crippen LogP contribution in [0.2, 0.25) is 0 Å². The summed E-state index contributed by atoms with van der Waals surface area (Å²) in [5, 5.41) is 9.41. The Bertz CT molecular complexity index is 926. The van der Waals surface area contributed by atoms with Gasteiger partial charge in [0.2, 0.25) is 17.7 Å². The number of carbonyl (C=O) groups excluding carboxylic acids is 2.